The van der Waals surface area contributed by atoms with Crippen molar-refractivity contribution in [3.8, 4) is 6.07 Å². The lowest BCUT2D eigenvalue weighted by atomic mass is 10.1. The Morgan fingerprint density at radius 2 is 2.43 bits per heavy atom. The molecule has 0 aliphatic carbocycles. The summed E-state index contributed by atoms with van der Waals surface area (Å²) in [5.41, 5.74) is 6.05. The number of nitrogens with zero attached hydrogens (tertiary/aromatic N) is 5. The first-order chi connectivity index (χ1) is 10.1. The number of methoxy groups -OCH3 is 1. The zero-order valence-corrected chi connectivity index (χ0v) is 12.6. The summed E-state index contributed by atoms with van der Waals surface area (Å²) in [4.78, 5) is 12.8. The molecule has 0 aromatic carbocycles. The van der Waals surface area contributed by atoms with Gasteiger partial charge in [0.1, 0.15) is 17.5 Å². The highest BCUT2D eigenvalue weighted by Crippen LogP contribution is 2.19. The highest BCUT2D eigenvalue weighted by atomic mass is 16.5. The number of likely N-dealkylation sites (tertiary alicyclic amines) is 1. The molecule has 1 aromatic rings. The van der Waals surface area contributed by atoms with Gasteiger partial charge in [0, 0.05) is 33.8 Å². The summed E-state index contributed by atoms with van der Waals surface area (Å²) < 4.78 is 5.11. The molecule has 0 amide bonds. The fourth-order valence-electron chi connectivity index (χ4n) is 2.61. The molecule has 7 heteroatoms. The maximum Gasteiger partial charge on any atom is 0.227 e. The smallest absolute Gasteiger partial charge is 0.227 e. The van der Waals surface area contributed by atoms with E-state index in [2.05, 4.69) is 14.9 Å². The van der Waals surface area contributed by atoms with Crippen molar-refractivity contribution >= 4 is 11.8 Å². The second kappa shape index (κ2) is 7.20. The first kappa shape index (κ1) is 15.5. The van der Waals surface area contributed by atoms with Crippen LogP contribution in [-0.4, -0.2) is 61.8 Å². The van der Waals surface area contributed by atoms with Gasteiger partial charge in [-0.1, -0.05) is 0 Å². The standard InChI is InChI=1S/C14H22N6O/c1-19(14-17-8-12(7-15)13(16)18-14)9-11-3-4-20(10-11)5-6-21-2/h8,11H,3-6,9-10H2,1-2H3,(H2,16,17,18)/t11-/m0/s1. The third-order valence-electron chi connectivity index (χ3n) is 3.78. The molecule has 0 spiro atoms. The maximum atomic E-state index is 8.84. The van der Waals surface area contributed by atoms with Crippen LogP contribution in [0.3, 0.4) is 0 Å². The minimum absolute atomic E-state index is 0.238. The van der Waals surface area contributed by atoms with E-state index in [4.69, 9.17) is 15.7 Å². The minimum Gasteiger partial charge on any atom is -0.383 e. The van der Waals surface area contributed by atoms with Crippen molar-refractivity contribution in [3.63, 3.8) is 0 Å². The van der Waals surface area contributed by atoms with Gasteiger partial charge in [0.15, 0.2) is 0 Å². The number of nitrogen functional groups attached to an aromatic ring is 1. The molecule has 1 atom stereocenters. The van der Waals surface area contributed by atoms with Crippen LogP contribution in [0.25, 0.3) is 0 Å². The molecule has 2 rings (SSSR count). The molecular formula is C14H22N6O. The molecule has 21 heavy (non-hydrogen) atoms. The van der Waals surface area contributed by atoms with Gasteiger partial charge in [-0.3, -0.25) is 0 Å². The Bertz CT molecular complexity index is 515. The number of rotatable bonds is 6. The van der Waals surface area contributed by atoms with Crippen molar-refractivity contribution in [1.82, 2.24) is 14.9 Å². The largest absolute Gasteiger partial charge is 0.383 e. The van der Waals surface area contributed by atoms with E-state index in [1.165, 1.54) is 12.6 Å². The lowest BCUT2D eigenvalue weighted by Gasteiger charge is -2.22. The monoisotopic (exact) mass is 290 g/mol. The molecule has 0 unspecified atom stereocenters. The fraction of sp³-hybridized carbons (Fsp3) is 0.643. The minimum atomic E-state index is 0.238. The zero-order valence-electron chi connectivity index (χ0n) is 12.6. The summed E-state index contributed by atoms with van der Waals surface area (Å²) in [6.07, 6.45) is 2.65. The van der Waals surface area contributed by atoms with E-state index in [1.807, 2.05) is 18.0 Å². The third-order valence-corrected chi connectivity index (χ3v) is 3.78. The molecule has 1 saturated heterocycles. The highest BCUT2D eigenvalue weighted by Gasteiger charge is 2.24. The van der Waals surface area contributed by atoms with Crippen molar-refractivity contribution in [2.24, 2.45) is 5.92 Å². The van der Waals surface area contributed by atoms with E-state index in [0.29, 0.717) is 17.4 Å². The quantitative estimate of drug-likeness (QED) is 0.807. The van der Waals surface area contributed by atoms with Crippen LogP contribution in [0.5, 0.6) is 0 Å². The van der Waals surface area contributed by atoms with Gasteiger partial charge >= 0.3 is 0 Å². The van der Waals surface area contributed by atoms with Crippen LogP contribution in [-0.2, 0) is 4.74 Å². The molecule has 1 fully saturated rings. The van der Waals surface area contributed by atoms with Gasteiger partial charge in [0.25, 0.3) is 0 Å². The number of nitriles is 1. The number of anilines is 2. The van der Waals surface area contributed by atoms with Gasteiger partial charge in [-0.2, -0.15) is 10.2 Å². The van der Waals surface area contributed by atoms with Gasteiger partial charge in [-0.25, -0.2) is 4.98 Å². The van der Waals surface area contributed by atoms with E-state index in [9.17, 15) is 0 Å². The molecule has 0 bridgehead atoms. The van der Waals surface area contributed by atoms with Crippen LogP contribution in [0, 0.1) is 17.2 Å². The van der Waals surface area contributed by atoms with Gasteiger partial charge in [-0.05, 0) is 18.9 Å². The molecule has 2 heterocycles. The Morgan fingerprint density at radius 3 is 3.10 bits per heavy atom. The predicted molar refractivity (Wildman–Crippen MR) is 80.9 cm³/mol. The number of aromatic nitrogens is 2. The van der Waals surface area contributed by atoms with Crippen molar-refractivity contribution in [1.29, 1.82) is 5.26 Å². The number of hydrogen-bond donors (Lipinski definition) is 1. The van der Waals surface area contributed by atoms with E-state index in [0.717, 1.165) is 32.8 Å². The third kappa shape index (κ3) is 4.03. The van der Waals surface area contributed by atoms with Crippen LogP contribution >= 0.6 is 0 Å². The van der Waals surface area contributed by atoms with Crippen molar-refractivity contribution in [2.45, 2.75) is 6.42 Å². The zero-order chi connectivity index (χ0) is 15.2. The number of ether oxygens (including phenoxy) is 1. The maximum absolute atomic E-state index is 8.84. The first-order valence-electron chi connectivity index (χ1n) is 7.09. The Hall–Kier alpha value is -1.91. The van der Waals surface area contributed by atoms with Crippen molar-refractivity contribution < 1.29 is 4.74 Å². The highest BCUT2D eigenvalue weighted by molar-refractivity contribution is 5.50. The molecule has 0 radical (unpaired) electrons. The number of nitrogens with two attached hydrogens (primary N) is 1. The molecule has 1 aliphatic rings. The average Bonchev–Trinajstić information content (AvgIpc) is 2.92. The summed E-state index contributed by atoms with van der Waals surface area (Å²) in [5, 5.41) is 8.84. The second-order valence-electron chi connectivity index (χ2n) is 5.41. The molecule has 0 saturated carbocycles. The SMILES string of the molecule is COCCN1CC[C@@H](CN(C)c2ncc(C#N)c(N)n2)C1. The first-order valence-corrected chi connectivity index (χ1v) is 7.09. The van der Waals surface area contributed by atoms with Crippen LogP contribution < -0.4 is 10.6 Å². The molecule has 1 aromatic heterocycles. The molecule has 1 aliphatic heterocycles. The summed E-state index contributed by atoms with van der Waals surface area (Å²) in [6, 6.07) is 1.97. The molecule has 7 nitrogen and oxygen atoms in total. The van der Waals surface area contributed by atoms with E-state index < -0.39 is 0 Å². The summed E-state index contributed by atoms with van der Waals surface area (Å²) in [6.45, 7) is 4.82. The molecule has 2 N–H and O–H groups in total. The lowest BCUT2D eigenvalue weighted by Crippen LogP contribution is -2.30. The predicted octanol–water partition coefficient (Wildman–Crippen LogP) is 0.335. The van der Waals surface area contributed by atoms with Crippen LogP contribution in [0.1, 0.15) is 12.0 Å². The molecule has 114 valence electrons. The van der Waals surface area contributed by atoms with E-state index >= 15 is 0 Å². The van der Waals surface area contributed by atoms with Crippen LogP contribution in [0.15, 0.2) is 6.20 Å². The van der Waals surface area contributed by atoms with Crippen LogP contribution in [0.2, 0.25) is 0 Å². The van der Waals surface area contributed by atoms with Crippen molar-refractivity contribution in [2.75, 3.05) is 57.6 Å². The normalized spacial score (nSPS) is 18.6. The van der Waals surface area contributed by atoms with Gasteiger partial charge in [0.2, 0.25) is 5.95 Å². The Labute approximate surface area is 125 Å². The van der Waals surface area contributed by atoms with Gasteiger partial charge in [-0.15, -0.1) is 0 Å². The van der Waals surface area contributed by atoms with Gasteiger partial charge < -0.3 is 20.3 Å². The average molecular weight is 290 g/mol. The van der Waals surface area contributed by atoms with Gasteiger partial charge in [0.05, 0.1) is 12.8 Å². The molecular weight excluding hydrogens is 268 g/mol. The topological polar surface area (TPSA) is 91.3 Å². The summed E-state index contributed by atoms with van der Waals surface area (Å²) in [5.74, 6) is 1.40. The van der Waals surface area contributed by atoms with E-state index in [1.54, 1.807) is 7.11 Å². The number of hydrogen-bond acceptors (Lipinski definition) is 7. The Morgan fingerprint density at radius 1 is 1.62 bits per heavy atom. The summed E-state index contributed by atoms with van der Waals surface area (Å²) in [7, 11) is 3.69. The Kier molecular flexibility index (Phi) is 5.31. The Balaban J connectivity index is 1.89. The second-order valence-corrected chi connectivity index (χ2v) is 5.41. The van der Waals surface area contributed by atoms with Crippen LogP contribution in [0.4, 0.5) is 11.8 Å². The van der Waals surface area contributed by atoms with E-state index in [-0.39, 0.29) is 5.82 Å². The fourth-order valence-corrected chi connectivity index (χ4v) is 2.61. The lowest BCUT2D eigenvalue weighted by molar-refractivity contribution is 0.159. The summed E-state index contributed by atoms with van der Waals surface area (Å²) >= 11 is 0. The van der Waals surface area contributed by atoms with Crippen molar-refractivity contribution in [3.05, 3.63) is 11.8 Å².